The van der Waals surface area contributed by atoms with Gasteiger partial charge in [-0.1, -0.05) is 36.4 Å². The summed E-state index contributed by atoms with van der Waals surface area (Å²) >= 11 is 0. The summed E-state index contributed by atoms with van der Waals surface area (Å²) in [6.07, 6.45) is -0.626. The van der Waals surface area contributed by atoms with Crippen LogP contribution >= 0.6 is 0 Å². The number of nitrogens with zero attached hydrogens (tertiary/aromatic N) is 2. The molecule has 0 unspecified atom stereocenters. The Bertz CT molecular complexity index is 1000. The molecule has 1 amide bonds. The lowest BCUT2D eigenvalue weighted by atomic mass is 10.1. The standard InChI is InChI=1S/C21H21N3O4/c1-21(2,3)28-20(25)22-23(16-11-13-17(14-12-16)24(26)27)19-10-6-8-15-7-4-5-9-18(15)19/h4-14H,1-3H3,(H,22,25). The highest BCUT2D eigenvalue weighted by Gasteiger charge is 2.21. The Kier molecular flexibility index (Phi) is 5.17. The molecule has 0 saturated heterocycles. The lowest BCUT2D eigenvalue weighted by Gasteiger charge is -2.28. The maximum Gasteiger partial charge on any atom is 0.426 e. The fourth-order valence-electron chi connectivity index (χ4n) is 2.78. The van der Waals surface area contributed by atoms with Crippen molar-refractivity contribution in [2.24, 2.45) is 0 Å². The van der Waals surface area contributed by atoms with Crippen LogP contribution in [0.4, 0.5) is 21.9 Å². The van der Waals surface area contributed by atoms with Crippen molar-refractivity contribution in [1.29, 1.82) is 0 Å². The van der Waals surface area contributed by atoms with Crippen LogP contribution in [0.1, 0.15) is 20.8 Å². The number of carbonyl (C=O) groups is 1. The minimum absolute atomic E-state index is 0.0288. The van der Waals surface area contributed by atoms with Crippen molar-refractivity contribution in [3.05, 3.63) is 76.8 Å². The van der Waals surface area contributed by atoms with Crippen molar-refractivity contribution in [3.63, 3.8) is 0 Å². The largest absolute Gasteiger partial charge is 0.443 e. The first-order valence-electron chi connectivity index (χ1n) is 8.76. The molecule has 0 spiro atoms. The van der Waals surface area contributed by atoms with Crippen LogP contribution in [0.5, 0.6) is 0 Å². The molecule has 3 aromatic carbocycles. The van der Waals surface area contributed by atoms with Crippen molar-refractivity contribution >= 4 is 33.9 Å². The van der Waals surface area contributed by atoms with Gasteiger partial charge in [-0.05, 0) is 44.4 Å². The number of nitro benzene ring substituents is 1. The van der Waals surface area contributed by atoms with Gasteiger partial charge < -0.3 is 4.74 Å². The first kappa shape index (κ1) is 19.2. The van der Waals surface area contributed by atoms with Gasteiger partial charge in [-0.3, -0.25) is 15.1 Å². The number of hydrogen-bond donors (Lipinski definition) is 1. The van der Waals surface area contributed by atoms with Crippen LogP contribution in [0.25, 0.3) is 10.8 Å². The molecule has 0 radical (unpaired) electrons. The van der Waals surface area contributed by atoms with E-state index in [0.717, 1.165) is 16.5 Å². The lowest BCUT2D eigenvalue weighted by Crippen LogP contribution is -2.42. The van der Waals surface area contributed by atoms with Crippen molar-refractivity contribution in [2.45, 2.75) is 26.4 Å². The number of ether oxygens (including phenoxy) is 1. The summed E-state index contributed by atoms with van der Waals surface area (Å²) in [6, 6.07) is 19.4. The average Bonchev–Trinajstić information content (AvgIpc) is 2.64. The van der Waals surface area contributed by atoms with Crippen molar-refractivity contribution < 1.29 is 14.5 Å². The summed E-state index contributed by atoms with van der Waals surface area (Å²) in [4.78, 5) is 22.9. The fourth-order valence-corrected chi connectivity index (χ4v) is 2.78. The number of carbonyl (C=O) groups excluding carboxylic acids is 1. The average molecular weight is 379 g/mol. The highest BCUT2D eigenvalue weighted by Crippen LogP contribution is 2.32. The van der Waals surface area contributed by atoms with E-state index >= 15 is 0 Å². The molecule has 0 aliphatic rings. The Morgan fingerprint density at radius 3 is 2.29 bits per heavy atom. The van der Waals surface area contributed by atoms with Crippen LogP contribution in [0, 0.1) is 10.1 Å². The molecule has 0 bridgehead atoms. The number of anilines is 2. The van der Waals surface area contributed by atoms with E-state index in [1.807, 2.05) is 42.5 Å². The molecule has 144 valence electrons. The van der Waals surface area contributed by atoms with Crippen LogP contribution in [0.15, 0.2) is 66.7 Å². The summed E-state index contributed by atoms with van der Waals surface area (Å²) in [5.41, 5.74) is 3.34. The zero-order valence-electron chi connectivity index (χ0n) is 15.9. The zero-order valence-corrected chi connectivity index (χ0v) is 15.9. The van der Waals surface area contributed by atoms with Gasteiger partial charge >= 0.3 is 6.09 Å². The van der Waals surface area contributed by atoms with E-state index < -0.39 is 16.6 Å². The topological polar surface area (TPSA) is 84.7 Å². The quantitative estimate of drug-likeness (QED) is 0.489. The van der Waals surface area contributed by atoms with Gasteiger partial charge in [0.05, 0.1) is 16.3 Å². The molecule has 7 nitrogen and oxygen atoms in total. The maximum atomic E-state index is 12.4. The van der Waals surface area contributed by atoms with Gasteiger partial charge in [0.1, 0.15) is 5.60 Å². The maximum absolute atomic E-state index is 12.4. The second kappa shape index (κ2) is 7.56. The minimum atomic E-state index is -0.663. The number of amides is 1. The number of nitrogens with one attached hydrogen (secondary N) is 1. The second-order valence-corrected chi connectivity index (χ2v) is 7.22. The second-order valence-electron chi connectivity index (χ2n) is 7.22. The third-order valence-electron chi connectivity index (χ3n) is 3.93. The summed E-state index contributed by atoms with van der Waals surface area (Å²) in [5.74, 6) is 0. The van der Waals surface area contributed by atoms with Gasteiger partial charge in [-0.25, -0.2) is 10.2 Å². The number of fused-ring (bicyclic) bond motifs is 1. The molecule has 28 heavy (non-hydrogen) atoms. The third kappa shape index (κ3) is 4.37. The molecule has 0 atom stereocenters. The monoisotopic (exact) mass is 379 g/mol. The normalized spacial score (nSPS) is 11.1. The van der Waals surface area contributed by atoms with Crippen LogP contribution in [-0.4, -0.2) is 16.6 Å². The van der Waals surface area contributed by atoms with E-state index in [2.05, 4.69) is 5.43 Å². The molecular weight excluding hydrogens is 358 g/mol. The molecule has 0 aliphatic heterocycles. The Morgan fingerprint density at radius 2 is 1.64 bits per heavy atom. The Morgan fingerprint density at radius 1 is 1.00 bits per heavy atom. The predicted octanol–water partition coefficient (Wildman–Crippen LogP) is 5.33. The predicted molar refractivity (Wildman–Crippen MR) is 109 cm³/mol. The number of non-ortho nitro benzene ring substituents is 1. The van der Waals surface area contributed by atoms with Gasteiger partial charge in [0.15, 0.2) is 0 Å². The first-order valence-corrected chi connectivity index (χ1v) is 8.76. The van der Waals surface area contributed by atoms with Crippen LogP contribution < -0.4 is 10.4 Å². The number of rotatable bonds is 4. The summed E-state index contributed by atoms with van der Waals surface area (Å²) in [6.45, 7) is 5.34. The van der Waals surface area contributed by atoms with E-state index in [0.29, 0.717) is 5.69 Å². The van der Waals surface area contributed by atoms with E-state index in [4.69, 9.17) is 4.74 Å². The van der Waals surface area contributed by atoms with E-state index in [9.17, 15) is 14.9 Å². The lowest BCUT2D eigenvalue weighted by molar-refractivity contribution is -0.384. The van der Waals surface area contributed by atoms with E-state index in [1.54, 1.807) is 37.9 Å². The Labute approximate surface area is 162 Å². The van der Waals surface area contributed by atoms with Gasteiger partial charge in [0.2, 0.25) is 0 Å². The van der Waals surface area contributed by atoms with Gasteiger partial charge in [0, 0.05) is 17.5 Å². The summed E-state index contributed by atoms with van der Waals surface area (Å²) < 4.78 is 5.39. The molecule has 0 heterocycles. The van der Waals surface area contributed by atoms with Crippen molar-refractivity contribution in [2.75, 3.05) is 5.01 Å². The summed E-state index contributed by atoms with van der Waals surface area (Å²) in [5, 5.41) is 14.4. The van der Waals surface area contributed by atoms with Gasteiger partial charge in [0.25, 0.3) is 5.69 Å². The molecular formula is C21H21N3O4. The third-order valence-corrected chi connectivity index (χ3v) is 3.93. The first-order chi connectivity index (χ1) is 13.2. The fraction of sp³-hybridized carbons (Fsp3) is 0.190. The molecule has 0 aliphatic carbocycles. The summed E-state index contributed by atoms with van der Waals surface area (Å²) in [7, 11) is 0. The Balaban J connectivity index is 2.05. The Hall–Kier alpha value is -3.61. The molecule has 1 N–H and O–H groups in total. The number of benzene rings is 3. The molecule has 3 rings (SSSR count). The number of nitro groups is 1. The van der Waals surface area contributed by atoms with E-state index in [1.165, 1.54) is 12.1 Å². The number of hydrazine groups is 1. The highest BCUT2D eigenvalue weighted by atomic mass is 16.6. The van der Waals surface area contributed by atoms with Gasteiger partial charge in [-0.15, -0.1) is 0 Å². The molecule has 3 aromatic rings. The SMILES string of the molecule is CC(C)(C)OC(=O)NN(c1ccc([N+](=O)[O-])cc1)c1cccc2ccccc12. The number of hydrogen-bond acceptors (Lipinski definition) is 5. The van der Waals surface area contributed by atoms with E-state index in [-0.39, 0.29) is 5.69 Å². The van der Waals surface area contributed by atoms with Crippen molar-refractivity contribution in [1.82, 2.24) is 5.43 Å². The smallest absolute Gasteiger partial charge is 0.426 e. The van der Waals surface area contributed by atoms with Gasteiger partial charge in [-0.2, -0.15) is 0 Å². The zero-order chi connectivity index (χ0) is 20.3. The minimum Gasteiger partial charge on any atom is -0.443 e. The van der Waals surface area contributed by atoms with Crippen LogP contribution in [0.2, 0.25) is 0 Å². The van der Waals surface area contributed by atoms with Crippen LogP contribution in [-0.2, 0) is 4.74 Å². The molecule has 0 saturated carbocycles. The van der Waals surface area contributed by atoms with Crippen molar-refractivity contribution in [3.8, 4) is 0 Å². The molecule has 0 fully saturated rings. The highest BCUT2D eigenvalue weighted by molar-refractivity contribution is 5.96. The molecule has 7 heteroatoms. The van der Waals surface area contributed by atoms with Crippen LogP contribution in [0.3, 0.4) is 0 Å². The molecule has 0 aromatic heterocycles.